The Morgan fingerprint density at radius 1 is 1.07 bits per heavy atom. The van der Waals surface area contributed by atoms with Gasteiger partial charge in [0.2, 0.25) is 0 Å². The number of aryl methyl sites for hydroxylation is 1. The summed E-state index contributed by atoms with van der Waals surface area (Å²) in [6, 6.07) is 17.2. The Hall–Kier alpha value is -3.46. The quantitative estimate of drug-likeness (QED) is 0.374. The molecule has 0 aliphatic carbocycles. The van der Waals surface area contributed by atoms with Crippen molar-refractivity contribution < 1.29 is 14.3 Å². The molecule has 0 radical (unpaired) electrons. The van der Waals surface area contributed by atoms with Gasteiger partial charge in [0.1, 0.15) is 11.6 Å². The molecule has 28 heavy (non-hydrogen) atoms. The zero-order valence-corrected chi connectivity index (χ0v) is 16.2. The molecule has 0 aromatic heterocycles. The van der Waals surface area contributed by atoms with Crippen LogP contribution in [0.5, 0.6) is 11.5 Å². The Labute approximate surface area is 165 Å². The molecule has 2 aromatic carbocycles. The van der Waals surface area contributed by atoms with Gasteiger partial charge in [0.05, 0.1) is 14.2 Å². The van der Waals surface area contributed by atoms with Gasteiger partial charge in [-0.3, -0.25) is 4.79 Å². The zero-order chi connectivity index (χ0) is 20.2. The van der Waals surface area contributed by atoms with E-state index in [9.17, 15) is 10.1 Å². The van der Waals surface area contributed by atoms with Crippen LogP contribution in [0.2, 0.25) is 0 Å². The van der Waals surface area contributed by atoms with Crippen molar-refractivity contribution >= 4 is 11.6 Å². The van der Waals surface area contributed by atoms with Crippen molar-refractivity contribution in [3.05, 3.63) is 65.9 Å². The summed E-state index contributed by atoms with van der Waals surface area (Å²) in [7, 11) is 3.06. The minimum Gasteiger partial charge on any atom is -0.493 e. The number of methoxy groups -OCH3 is 2. The fourth-order valence-electron chi connectivity index (χ4n) is 2.64. The number of hydrogen-bond donors (Lipinski definition) is 2. The fraction of sp³-hybridized carbons (Fsp3) is 0.273. The number of rotatable bonds is 10. The highest BCUT2D eigenvalue weighted by molar-refractivity contribution is 6.06. The highest BCUT2D eigenvalue weighted by Crippen LogP contribution is 2.29. The Morgan fingerprint density at radius 3 is 2.50 bits per heavy atom. The van der Waals surface area contributed by atoms with Gasteiger partial charge in [-0.2, -0.15) is 5.26 Å². The van der Waals surface area contributed by atoms with Crippen molar-refractivity contribution in [2.24, 2.45) is 0 Å². The summed E-state index contributed by atoms with van der Waals surface area (Å²) in [6.07, 6.45) is 4.45. The van der Waals surface area contributed by atoms with Crippen LogP contribution >= 0.6 is 0 Å². The highest BCUT2D eigenvalue weighted by atomic mass is 16.5. The van der Waals surface area contributed by atoms with Crippen LogP contribution in [0.4, 0.5) is 5.69 Å². The lowest BCUT2D eigenvalue weighted by atomic mass is 10.1. The van der Waals surface area contributed by atoms with Crippen LogP contribution in [0.15, 0.2) is 60.3 Å². The summed E-state index contributed by atoms with van der Waals surface area (Å²) in [6.45, 7) is 0.696. The molecule has 2 N–H and O–H groups in total. The van der Waals surface area contributed by atoms with Crippen molar-refractivity contribution in [1.82, 2.24) is 5.32 Å². The lowest BCUT2D eigenvalue weighted by Crippen LogP contribution is -2.17. The van der Waals surface area contributed by atoms with Crippen LogP contribution in [-0.4, -0.2) is 26.7 Å². The molecule has 0 saturated carbocycles. The van der Waals surface area contributed by atoms with Gasteiger partial charge < -0.3 is 20.1 Å². The first-order valence-corrected chi connectivity index (χ1v) is 9.09. The third-order valence-electron chi connectivity index (χ3n) is 4.13. The Bertz CT molecular complexity index is 842. The SMILES string of the molecule is COc1ccc(NC(=O)/C(C#N)=C\NCCCCc2ccccc2)cc1OC. The molecular weight excluding hydrogens is 354 g/mol. The molecule has 0 unspecified atom stereocenters. The number of amides is 1. The van der Waals surface area contributed by atoms with Crippen molar-refractivity contribution in [3.63, 3.8) is 0 Å². The number of benzene rings is 2. The number of nitrogens with zero attached hydrogens (tertiary/aromatic N) is 1. The number of carbonyl (C=O) groups excluding carboxylic acids is 1. The maximum atomic E-state index is 12.3. The summed E-state index contributed by atoms with van der Waals surface area (Å²) >= 11 is 0. The molecule has 0 aliphatic rings. The first-order valence-electron chi connectivity index (χ1n) is 9.09. The minimum atomic E-state index is -0.480. The summed E-state index contributed by atoms with van der Waals surface area (Å²) in [5, 5.41) is 15.0. The average molecular weight is 379 g/mol. The van der Waals surface area contributed by atoms with Crippen LogP contribution in [-0.2, 0) is 11.2 Å². The van der Waals surface area contributed by atoms with E-state index in [-0.39, 0.29) is 5.57 Å². The molecule has 146 valence electrons. The largest absolute Gasteiger partial charge is 0.493 e. The van der Waals surface area contributed by atoms with E-state index >= 15 is 0 Å². The van der Waals surface area contributed by atoms with Crippen molar-refractivity contribution in [2.45, 2.75) is 19.3 Å². The van der Waals surface area contributed by atoms with Gasteiger partial charge in [0.15, 0.2) is 11.5 Å². The van der Waals surface area contributed by atoms with Gasteiger partial charge in [0, 0.05) is 24.5 Å². The van der Waals surface area contributed by atoms with Crippen LogP contribution in [0.3, 0.4) is 0 Å². The van der Waals surface area contributed by atoms with Crippen LogP contribution in [0, 0.1) is 11.3 Å². The van der Waals surface area contributed by atoms with Gasteiger partial charge in [-0.15, -0.1) is 0 Å². The topological polar surface area (TPSA) is 83.4 Å². The standard InChI is InChI=1S/C22H25N3O3/c1-27-20-12-11-19(14-21(20)28-2)25-22(26)18(15-23)16-24-13-7-6-10-17-8-4-3-5-9-17/h3-5,8-9,11-12,14,16,24H,6-7,10,13H2,1-2H3,(H,25,26)/b18-16-. The predicted octanol–water partition coefficient (Wildman–Crippen LogP) is 3.66. The number of nitriles is 1. The maximum Gasteiger partial charge on any atom is 0.267 e. The minimum absolute atomic E-state index is 0.0119. The van der Waals surface area contributed by atoms with Crippen molar-refractivity contribution in [1.29, 1.82) is 5.26 Å². The van der Waals surface area contributed by atoms with E-state index in [1.54, 1.807) is 18.2 Å². The number of anilines is 1. The fourth-order valence-corrected chi connectivity index (χ4v) is 2.64. The summed E-state index contributed by atoms with van der Waals surface area (Å²) < 4.78 is 10.4. The number of carbonyl (C=O) groups is 1. The van der Waals surface area contributed by atoms with Crippen LogP contribution in [0.1, 0.15) is 18.4 Å². The monoisotopic (exact) mass is 379 g/mol. The van der Waals surface area contributed by atoms with E-state index in [0.29, 0.717) is 23.7 Å². The lowest BCUT2D eigenvalue weighted by molar-refractivity contribution is -0.112. The van der Waals surface area contributed by atoms with Crippen molar-refractivity contribution in [2.75, 3.05) is 26.1 Å². The van der Waals surface area contributed by atoms with Crippen molar-refractivity contribution in [3.8, 4) is 17.6 Å². The van der Waals surface area contributed by atoms with Gasteiger partial charge >= 0.3 is 0 Å². The average Bonchev–Trinajstić information content (AvgIpc) is 2.73. The van der Waals surface area contributed by atoms with E-state index in [2.05, 4.69) is 22.8 Å². The second kappa shape index (κ2) is 11.3. The summed E-state index contributed by atoms with van der Waals surface area (Å²) in [4.78, 5) is 12.3. The molecule has 0 fully saturated rings. The molecular formula is C22H25N3O3. The molecule has 2 rings (SSSR count). The Balaban J connectivity index is 1.81. The summed E-state index contributed by atoms with van der Waals surface area (Å²) in [5.41, 5.74) is 1.84. The second-order valence-corrected chi connectivity index (χ2v) is 6.09. The predicted molar refractivity (Wildman–Crippen MR) is 109 cm³/mol. The molecule has 0 spiro atoms. The maximum absolute atomic E-state index is 12.3. The van der Waals surface area contributed by atoms with E-state index in [1.165, 1.54) is 26.0 Å². The van der Waals surface area contributed by atoms with Gasteiger partial charge in [0.25, 0.3) is 5.91 Å². The Morgan fingerprint density at radius 2 is 1.82 bits per heavy atom. The summed E-state index contributed by atoms with van der Waals surface area (Å²) in [5.74, 6) is 0.583. The number of ether oxygens (including phenoxy) is 2. The molecule has 6 nitrogen and oxygen atoms in total. The molecule has 6 heteroatoms. The van der Waals surface area contributed by atoms with Gasteiger partial charge in [-0.1, -0.05) is 30.3 Å². The molecule has 0 aliphatic heterocycles. The molecule has 1 amide bonds. The number of unbranched alkanes of at least 4 members (excludes halogenated alkanes) is 1. The lowest BCUT2D eigenvalue weighted by Gasteiger charge is -2.10. The zero-order valence-electron chi connectivity index (χ0n) is 16.2. The third-order valence-corrected chi connectivity index (χ3v) is 4.13. The Kier molecular flexibility index (Phi) is 8.41. The highest BCUT2D eigenvalue weighted by Gasteiger charge is 2.11. The first kappa shape index (κ1) is 20.8. The molecule has 0 saturated heterocycles. The molecule has 0 bridgehead atoms. The third kappa shape index (κ3) is 6.36. The van der Waals surface area contributed by atoms with Crippen LogP contribution < -0.4 is 20.1 Å². The van der Waals surface area contributed by atoms with Gasteiger partial charge in [-0.05, 0) is 37.0 Å². The number of nitrogens with one attached hydrogen (secondary N) is 2. The normalized spacial score (nSPS) is 10.7. The first-order chi connectivity index (χ1) is 13.7. The van der Waals surface area contributed by atoms with Gasteiger partial charge in [-0.25, -0.2) is 0 Å². The smallest absolute Gasteiger partial charge is 0.267 e. The van der Waals surface area contributed by atoms with Crippen LogP contribution in [0.25, 0.3) is 0 Å². The van der Waals surface area contributed by atoms with E-state index < -0.39 is 5.91 Å². The van der Waals surface area contributed by atoms with E-state index in [0.717, 1.165) is 19.3 Å². The molecule has 0 heterocycles. The molecule has 0 atom stereocenters. The van der Waals surface area contributed by atoms with E-state index in [1.807, 2.05) is 24.3 Å². The molecule has 2 aromatic rings. The second-order valence-electron chi connectivity index (χ2n) is 6.09. The number of hydrogen-bond acceptors (Lipinski definition) is 5. The van der Waals surface area contributed by atoms with E-state index in [4.69, 9.17) is 9.47 Å².